The molecule has 9 heteroatoms. The van der Waals surface area contributed by atoms with Crippen LogP contribution in [0.1, 0.15) is 25.3 Å². The van der Waals surface area contributed by atoms with Gasteiger partial charge in [0.2, 0.25) is 5.91 Å². The largest absolute Gasteiger partial charge is 0.444 e. The zero-order valence-corrected chi connectivity index (χ0v) is 19.0. The van der Waals surface area contributed by atoms with E-state index in [1.54, 1.807) is 17.0 Å². The first kappa shape index (κ1) is 23.7. The summed E-state index contributed by atoms with van der Waals surface area (Å²) in [5, 5.41) is 0. The molecule has 0 radical (unpaired) electrons. The molecule has 180 valence electrons. The number of primary amides is 1. The normalized spacial score (nSPS) is 21.8. The smallest absolute Gasteiger partial charge is 0.414 e. The van der Waals surface area contributed by atoms with Gasteiger partial charge in [0.25, 0.3) is 0 Å². The number of Topliss-reactive ketones (excluding diaryl/α,β-unsaturated/α-hetero) is 1. The number of rotatable bonds is 10. The number of carbonyl (C=O) groups is 3. The summed E-state index contributed by atoms with van der Waals surface area (Å²) in [5.74, 6) is -1.02. The van der Waals surface area contributed by atoms with E-state index < -0.39 is 30.0 Å². The molecule has 2 amide bonds. The van der Waals surface area contributed by atoms with Crippen molar-refractivity contribution in [2.24, 2.45) is 11.7 Å². The summed E-state index contributed by atoms with van der Waals surface area (Å²) in [6.07, 6.45) is -0.643. The summed E-state index contributed by atoms with van der Waals surface area (Å²) in [5.41, 5.74) is 6.79. The van der Waals surface area contributed by atoms with E-state index in [4.69, 9.17) is 15.2 Å². The quantitative estimate of drug-likeness (QED) is 0.574. The van der Waals surface area contributed by atoms with Crippen LogP contribution in [0.25, 0.3) is 0 Å². The molecule has 0 bridgehead atoms. The number of anilines is 2. The van der Waals surface area contributed by atoms with Gasteiger partial charge in [-0.2, -0.15) is 0 Å². The van der Waals surface area contributed by atoms with Crippen LogP contribution < -0.4 is 15.5 Å². The summed E-state index contributed by atoms with van der Waals surface area (Å²) in [7, 11) is 0. The number of nitrogens with zero attached hydrogens (tertiary/aromatic N) is 2. The Hall–Kier alpha value is -3.46. The van der Waals surface area contributed by atoms with Crippen LogP contribution >= 0.6 is 0 Å². The van der Waals surface area contributed by atoms with E-state index in [0.29, 0.717) is 30.9 Å². The Bertz CT molecular complexity index is 1060. The number of hydrogen-bond donors (Lipinski definition) is 1. The predicted octanol–water partition coefficient (Wildman–Crippen LogP) is 3.03. The van der Waals surface area contributed by atoms with E-state index >= 15 is 4.39 Å². The van der Waals surface area contributed by atoms with E-state index in [0.717, 1.165) is 5.56 Å². The minimum atomic E-state index is -0.595. The first-order chi connectivity index (χ1) is 16.3. The highest BCUT2D eigenvalue weighted by Gasteiger charge is 2.42. The number of benzene rings is 2. The zero-order valence-electron chi connectivity index (χ0n) is 19.0. The van der Waals surface area contributed by atoms with Gasteiger partial charge in [0.15, 0.2) is 5.78 Å². The predicted molar refractivity (Wildman–Crippen MR) is 124 cm³/mol. The van der Waals surface area contributed by atoms with Crippen LogP contribution in [-0.4, -0.2) is 49.6 Å². The van der Waals surface area contributed by atoms with Crippen LogP contribution in [0.15, 0.2) is 48.5 Å². The van der Waals surface area contributed by atoms with E-state index in [9.17, 15) is 14.4 Å². The molecule has 3 unspecified atom stereocenters. The molecule has 2 fully saturated rings. The molecule has 2 aromatic rings. The minimum absolute atomic E-state index is 0.0492. The summed E-state index contributed by atoms with van der Waals surface area (Å²) < 4.78 is 25.9. The summed E-state index contributed by atoms with van der Waals surface area (Å²) in [6, 6.07) is 13.6. The molecular formula is C25H28FN3O5. The topological polar surface area (TPSA) is 102 Å². The Kier molecular flexibility index (Phi) is 7.12. The van der Waals surface area contributed by atoms with E-state index in [1.165, 1.54) is 11.0 Å². The summed E-state index contributed by atoms with van der Waals surface area (Å²) >= 11 is 0. The highest BCUT2D eigenvalue weighted by molar-refractivity contribution is 5.92. The second kappa shape index (κ2) is 10.2. The fourth-order valence-corrected chi connectivity index (χ4v) is 4.44. The molecule has 2 aromatic carbocycles. The van der Waals surface area contributed by atoms with E-state index in [-0.39, 0.29) is 31.3 Å². The molecular weight excluding hydrogens is 441 g/mol. The second-order valence-electron chi connectivity index (χ2n) is 8.78. The van der Waals surface area contributed by atoms with E-state index in [1.807, 2.05) is 37.3 Å². The molecule has 0 spiro atoms. The molecule has 2 aliphatic heterocycles. The standard InChI is InChI=1S/C25H28FN3O5/c1-16-12-29(24(16)22(30)15-33-14-17-5-3-2-4-6-17)21-9-7-18(11-20(21)26)28-13-19(34-25(28)32)8-10-23(27)31/h2-7,9,11,16,19,24H,8,10,12-15H2,1H3,(H2,27,31). The van der Waals surface area contributed by atoms with Crippen LogP contribution in [0.5, 0.6) is 0 Å². The summed E-state index contributed by atoms with van der Waals surface area (Å²) in [6.45, 7) is 3.00. The number of cyclic esters (lactones) is 1. The fraction of sp³-hybridized carbons (Fsp3) is 0.400. The molecule has 2 saturated heterocycles. The molecule has 2 N–H and O–H groups in total. The Morgan fingerprint density at radius 3 is 2.62 bits per heavy atom. The lowest BCUT2D eigenvalue weighted by Crippen LogP contribution is -2.60. The highest BCUT2D eigenvalue weighted by atomic mass is 19.1. The number of ether oxygens (including phenoxy) is 2. The highest BCUT2D eigenvalue weighted by Crippen LogP contribution is 2.36. The Morgan fingerprint density at radius 1 is 1.18 bits per heavy atom. The van der Waals surface area contributed by atoms with Crippen LogP contribution in [-0.2, 0) is 25.7 Å². The average molecular weight is 470 g/mol. The molecule has 4 rings (SSSR count). The van der Waals surface area contributed by atoms with Crippen LogP contribution in [0.2, 0.25) is 0 Å². The van der Waals surface area contributed by atoms with Crippen molar-refractivity contribution in [1.82, 2.24) is 0 Å². The van der Waals surface area contributed by atoms with E-state index in [2.05, 4.69) is 0 Å². The molecule has 8 nitrogen and oxygen atoms in total. The molecule has 2 aliphatic rings. The SMILES string of the molecule is CC1CN(c2ccc(N3CC(CCC(N)=O)OC3=O)cc2F)C1C(=O)COCc1ccccc1. The minimum Gasteiger partial charge on any atom is -0.444 e. The van der Waals surface area contributed by atoms with Crippen LogP contribution in [0, 0.1) is 11.7 Å². The van der Waals surface area contributed by atoms with Gasteiger partial charge < -0.3 is 20.1 Å². The number of hydrogen-bond acceptors (Lipinski definition) is 6. The van der Waals surface area contributed by atoms with Gasteiger partial charge in [-0.1, -0.05) is 37.3 Å². The summed E-state index contributed by atoms with van der Waals surface area (Å²) in [4.78, 5) is 39.0. The zero-order chi connectivity index (χ0) is 24.2. The molecule has 0 saturated carbocycles. The maximum Gasteiger partial charge on any atom is 0.414 e. The number of amides is 2. The number of nitrogens with two attached hydrogens (primary N) is 1. The maximum atomic E-state index is 15.1. The monoisotopic (exact) mass is 469 g/mol. The van der Waals surface area contributed by atoms with Crippen molar-refractivity contribution < 1.29 is 28.2 Å². The number of carbonyl (C=O) groups excluding carboxylic acids is 3. The number of ketones is 1. The molecule has 0 aliphatic carbocycles. The average Bonchev–Trinajstić information content (AvgIpc) is 3.17. The lowest BCUT2D eigenvalue weighted by molar-refractivity contribution is -0.128. The van der Waals surface area contributed by atoms with Crippen molar-refractivity contribution >= 4 is 29.2 Å². The second-order valence-corrected chi connectivity index (χ2v) is 8.78. The molecule has 2 heterocycles. The molecule has 3 atom stereocenters. The van der Waals surface area contributed by atoms with Gasteiger partial charge in [0, 0.05) is 18.9 Å². The lowest BCUT2D eigenvalue weighted by atomic mass is 9.86. The van der Waals surface area contributed by atoms with Crippen molar-refractivity contribution in [3.63, 3.8) is 0 Å². The third-order valence-electron chi connectivity index (χ3n) is 6.18. The third-order valence-corrected chi connectivity index (χ3v) is 6.18. The Morgan fingerprint density at radius 2 is 1.94 bits per heavy atom. The van der Waals surface area contributed by atoms with Crippen molar-refractivity contribution in [1.29, 1.82) is 0 Å². The first-order valence-electron chi connectivity index (χ1n) is 11.3. The van der Waals surface area contributed by atoms with Gasteiger partial charge in [-0.3, -0.25) is 14.5 Å². The van der Waals surface area contributed by atoms with Gasteiger partial charge in [-0.05, 0) is 30.2 Å². The van der Waals surface area contributed by atoms with Crippen LogP contribution in [0.3, 0.4) is 0 Å². The Balaban J connectivity index is 1.37. The van der Waals surface area contributed by atoms with Gasteiger partial charge in [-0.25, -0.2) is 9.18 Å². The van der Waals surface area contributed by atoms with Crippen molar-refractivity contribution in [3.8, 4) is 0 Å². The molecule has 0 aromatic heterocycles. The third kappa shape index (κ3) is 5.20. The first-order valence-corrected chi connectivity index (χ1v) is 11.3. The van der Waals surface area contributed by atoms with Gasteiger partial charge in [0.1, 0.15) is 18.5 Å². The van der Waals surface area contributed by atoms with Crippen LogP contribution in [0.4, 0.5) is 20.6 Å². The van der Waals surface area contributed by atoms with Gasteiger partial charge >= 0.3 is 6.09 Å². The van der Waals surface area contributed by atoms with Gasteiger partial charge in [0.05, 0.1) is 30.6 Å². The fourth-order valence-electron chi connectivity index (χ4n) is 4.44. The Labute approximate surface area is 197 Å². The number of halogens is 1. The lowest BCUT2D eigenvalue weighted by Gasteiger charge is -2.47. The van der Waals surface area contributed by atoms with Crippen molar-refractivity contribution in [3.05, 3.63) is 59.9 Å². The van der Waals surface area contributed by atoms with Crippen molar-refractivity contribution in [2.75, 3.05) is 29.5 Å². The maximum absolute atomic E-state index is 15.1. The van der Waals surface area contributed by atoms with Crippen molar-refractivity contribution in [2.45, 2.75) is 38.5 Å². The molecule has 34 heavy (non-hydrogen) atoms. The van der Waals surface area contributed by atoms with Gasteiger partial charge in [-0.15, -0.1) is 0 Å².